The Morgan fingerprint density at radius 2 is 1.68 bits per heavy atom. The third kappa shape index (κ3) is 5.83. The van der Waals surface area contributed by atoms with E-state index in [-0.39, 0.29) is 22.7 Å². The van der Waals surface area contributed by atoms with E-state index in [1.807, 2.05) is 37.3 Å². The standard InChI is InChI=1S/C26H26FN3O4/c1-17(18-8-6-5-7-9-18)30(25(32)34-26(2,3)4)22-16-20(14-15-28-22)23(29-33)24(31)19-10-12-21(27)13-11-19/h5-17,33H,1-4H3. The van der Waals surface area contributed by atoms with Crippen LogP contribution in [0.15, 0.2) is 78.1 Å². The van der Waals surface area contributed by atoms with E-state index in [0.717, 1.165) is 17.7 Å². The average Bonchev–Trinajstić information content (AvgIpc) is 2.80. The molecule has 34 heavy (non-hydrogen) atoms. The van der Waals surface area contributed by atoms with Crippen molar-refractivity contribution in [2.24, 2.45) is 5.16 Å². The van der Waals surface area contributed by atoms with Crippen LogP contribution in [-0.2, 0) is 4.74 Å². The molecule has 0 saturated heterocycles. The van der Waals surface area contributed by atoms with E-state index in [9.17, 15) is 19.2 Å². The van der Waals surface area contributed by atoms with E-state index in [1.165, 1.54) is 35.4 Å². The molecule has 1 heterocycles. The summed E-state index contributed by atoms with van der Waals surface area (Å²) >= 11 is 0. The van der Waals surface area contributed by atoms with Gasteiger partial charge in [0, 0.05) is 17.3 Å². The third-order valence-electron chi connectivity index (χ3n) is 4.95. The summed E-state index contributed by atoms with van der Waals surface area (Å²) in [4.78, 5) is 31.8. The first-order chi connectivity index (χ1) is 16.1. The Labute approximate surface area is 197 Å². The van der Waals surface area contributed by atoms with E-state index in [2.05, 4.69) is 10.1 Å². The van der Waals surface area contributed by atoms with Gasteiger partial charge in [0.1, 0.15) is 17.2 Å². The van der Waals surface area contributed by atoms with Crippen LogP contribution in [0.25, 0.3) is 0 Å². The maximum Gasteiger partial charge on any atom is 0.416 e. The van der Waals surface area contributed by atoms with Crippen molar-refractivity contribution in [2.45, 2.75) is 39.3 Å². The first kappa shape index (κ1) is 24.6. The van der Waals surface area contributed by atoms with Crippen LogP contribution >= 0.6 is 0 Å². The number of ether oxygens (including phenoxy) is 1. The van der Waals surface area contributed by atoms with Crippen LogP contribution in [0.2, 0.25) is 0 Å². The van der Waals surface area contributed by atoms with Gasteiger partial charge in [-0.2, -0.15) is 0 Å². The van der Waals surface area contributed by atoms with Crippen LogP contribution in [0.1, 0.15) is 55.2 Å². The van der Waals surface area contributed by atoms with Gasteiger partial charge in [0.2, 0.25) is 5.78 Å². The molecule has 1 unspecified atom stereocenters. The molecule has 0 saturated carbocycles. The molecule has 1 atom stereocenters. The molecular weight excluding hydrogens is 437 g/mol. The molecule has 1 aromatic heterocycles. The lowest BCUT2D eigenvalue weighted by atomic mass is 10.0. The molecule has 0 bridgehead atoms. The molecule has 1 N–H and O–H groups in total. The van der Waals surface area contributed by atoms with Crippen LogP contribution in [0.5, 0.6) is 0 Å². The number of carbonyl (C=O) groups excluding carboxylic acids is 2. The topological polar surface area (TPSA) is 92.1 Å². The Morgan fingerprint density at radius 3 is 2.26 bits per heavy atom. The summed E-state index contributed by atoms with van der Waals surface area (Å²) in [6.07, 6.45) is 0.781. The van der Waals surface area contributed by atoms with Crippen molar-refractivity contribution < 1.29 is 23.9 Å². The highest BCUT2D eigenvalue weighted by atomic mass is 19.1. The summed E-state index contributed by atoms with van der Waals surface area (Å²) in [6.45, 7) is 7.12. The summed E-state index contributed by atoms with van der Waals surface area (Å²) < 4.78 is 18.9. The molecule has 176 valence electrons. The number of aromatic nitrogens is 1. The summed E-state index contributed by atoms with van der Waals surface area (Å²) in [5.74, 6) is -0.899. The van der Waals surface area contributed by atoms with Gasteiger partial charge in [-0.05, 0) is 69.7 Å². The van der Waals surface area contributed by atoms with Crippen molar-refractivity contribution in [3.63, 3.8) is 0 Å². The van der Waals surface area contributed by atoms with Gasteiger partial charge >= 0.3 is 6.09 Å². The van der Waals surface area contributed by atoms with E-state index in [0.29, 0.717) is 0 Å². The fourth-order valence-corrected chi connectivity index (χ4v) is 3.31. The van der Waals surface area contributed by atoms with E-state index >= 15 is 0 Å². The number of ketones is 1. The number of Topliss-reactive ketones (excluding diaryl/α,β-unsaturated/α-hetero) is 1. The lowest BCUT2D eigenvalue weighted by Crippen LogP contribution is -2.39. The molecule has 0 spiro atoms. The van der Waals surface area contributed by atoms with Crippen molar-refractivity contribution in [3.05, 3.63) is 95.4 Å². The van der Waals surface area contributed by atoms with Gasteiger partial charge in [-0.15, -0.1) is 0 Å². The third-order valence-corrected chi connectivity index (χ3v) is 4.95. The predicted octanol–water partition coefficient (Wildman–Crippen LogP) is 5.78. The van der Waals surface area contributed by atoms with Crippen molar-refractivity contribution >= 4 is 23.4 Å². The second-order valence-corrected chi connectivity index (χ2v) is 8.62. The number of amides is 1. The molecule has 0 aliphatic carbocycles. The molecule has 3 aromatic rings. The zero-order valence-corrected chi connectivity index (χ0v) is 19.4. The number of hydrogen-bond acceptors (Lipinski definition) is 6. The van der Waals surface area contributed by atoms with Crippen LogP contribution < -0.4 is 4.90 Å². The van der Waals surface area contributed by atoms with E-state index in [1.54, 1.807) is 20.8 Å². The monoisotopic (exact) mass is 463 g/mol. The molecule has 0 radical (unpaired) electrons. The van der Waals surface area contributed by atoms with Gasteiger partial charge in [0.25, 0.3) is 0 Å². The maximum absolute atomic E-state index is 13.3. The lowest BCUT2D eigenvalue weighted by Gasteiger charge is -2.31. The number of nitrogens with zero attached hydrogens (tertiary/aromatic N) is 3. The highest BCUT2D eigenvalue weighted by Gasteiger charge is 2.30. The average molecular weight is 464 g/mol. The molecule has 2 aromatic carbocycles. The number of halogens is 1. The molecule has 0 aliphatic heterocycles. The zero-order chi connectivity index (χ0) is 24.9. The second-order valence-electron chi connectivity index (χ2n) is 8.62. The maximum atomic E-state index is 13.3. The minimum Gasteiger partial charge on any atom is -0.443 e. The Bertz CT molecular complexity index is 1190. The number of carbonyl (C=O) groups is 2. The van der Waals surface area contributed by atoms with Crippen LogP contribution in [0, 0.1) is 5.82 Å². The fourth-order valence-electron chi connectivity index (χ4n) is 3.31. The van der Waals surface area contributed by atoms with Gasteiger partial charge in [-0.1, -0.05) is 35.5 Å². The van der Waals surface area contributed by atoms with Crippen molar-refractivity contribution in [2.75, 3.05) is 4.90 Å². The SMILES string of the molecule is CC(c1ccccc1)N(C(=O)OC(C)(C)C)c1cc(C(=NO)C(=O)c2ccc(F)cc2)ccn1. The van der Waals surface area contributed by atoms with Gasteiger partial charge in [0.15, 0.2) is 5.71 Å². The van der Waals surface area contributed by atoms with Gasteiger partial charge in [0.05, 0.1) is 6.04 Å². The summed E-state index contributed by atoms with van der Waals surface area (Å²) in [7, 11) is 0. The highest BCUT2D eigenvalue weighted by Crippen LogP contribution is 2.28. The molecule has 3 rings (SSSR count). The minimum absolute atomic E-state index is 0.147. The first-order valence-corrected chi connectivity index (χ1v) is 10.7. The minimum atomic E-state index is -0.750. The van der Waals surface area contributed by atoms with Crippen molar-refractivity contribution in [1.29, 1.82) is 0 Å². The van der Waals surface area contributed by atoms with Crippen molar-refractivity contribution in [1.82, 2.24) is 4.98 Å². The Kier molecular flexibility index (Phi) is 7.40. The van der Waals surface area contributed by atoms with Crippen LogP contribution in [0.3, 0.4) is 0 Å². The normalized spacial score (nSPS) is 12.7. The molecule has 8 heteroatoms. The summed E-state index contributed by atoms with van der Waals surface area (Å²) in [5.41, 5.74) is 0.204. The lowest BCUT2D eigenvalue weighted by molar-refractivity contribution is 0.0566. The molecule has 0 fully saturated rings. The Hall–Kier alpha value is -4.07. The van der Waals surface area contributed by atoms with Gasteiger partial charge < -0.3 is 9.94 Å². The smallest absolute Gasteiger partial charge is 0.416 e. The summed E-state index contributed by atoms with van der Waals surface area (Å²) in [5, 5.41) is 12.8. The largest absolute Gasteiger partial charge is 0.443 e. The van der Waals surface area contributed by atoms with E-state index < -0.39 is 29.3 Å². The molecular formula is C26H26FN3O4. The number of oxime groups is 1. The predicted molar refractivity (Wildman–Crippen MR) is 127 cm³/mol. The fraction of sp³-hybridized carbons (Fsp3) is 0.231. The van der Waals surface area contributed by atoms with Crippen LogP contribution in [-0.4, -0.2) is 33.4 Å². The molecule has 7 nitrogen and oxygen atoms in total. The van der Waals surface area contributed by atoms with Gasteiger partial charge in [-0.25, -0.2) is 14.2 Å². The van der Waals surface area contributed by atoms with Gasteiger partial charge in [-0.3, -0.25) is 9.69 Å². The van der Waals surface area contributed by atoms with Crippen LogP contribution in [0.4, 0.5) is 15.0 Å². The zero-order valence-electron chi connectivity index (χ0n) is 19.4. The molecule has 0 aliphatic rings. The number of pyridine rings is 1. The molecule has 1 amide bonds. The number of benzene rings is 2. The Balaban J connectivity index is 2.03. The highest BCUT2D eigenvalue weighted by molar-refractivity contribution is 6.51. The van der Waals surface area contributed by atoms with E-state index in [4.69, 9.17) is 4.74 Å². The summed E-state index contributed by atoms with van der Waals surface area (Å²) in [6, 6.07) is 16.7. The second kappa shape index (κ2) is 10.2. The van der Waals surface area contributed by atoms with Crippen molar-refractivity contribution in [3.8, 4) is 0 Å². The number of rotatable bonds is 6. The quantitative estimate of drug-likeness (QED) is 0.216. The Morgan fingerprint density at radius 1 is 1.03 bits per heavy atom. The number of hydrogen-bond donors (Lipinski definition) is 1. The first-order valence-electron chi connectivity index (χ1n) is 10.7. The number of anilines is 1.